The number of hydrogen-bond acceptors (Lipinski definition) is 2. The molecular formula is C14H15FN2O2. The summed E-state index contributed by atoms with van der Waals surface area (Å²) in [6.45, 7) is 6.30. The Balaban J connectivity index is 2.36. The molecule has 1 heterocycles. The second kappa shape index (κ2) is 4.84. The summed E-state index contributed by atoms with van der Waals surface area (Å²) in [5.41, 5.74) is 3.48. The number of carboxylic acids is 1. The number of halogens is 1. The van der Waals surface area contributed by atoms with Gasteiger partial charge in [0.15, 0.2) is 0 Å². The zero-order valence-corrected chi connectivity index (χ0v) is 11.1. The van der Waals surface area contributed by atoms with E-state index in [9.17, 15) is 9.18 Å². The molecule has 0 saturated heterocycles. The van der Waals surface area contributed by atoms with Crippen LogP contribution in [0.1, 0.15) is 32.9 Å². The van der Waals surface area contributed by atoms with E-state index in [1.807, 2.05) is 20.8 Å². The molecular weight excluding hydrogens is 247 g/mol. The molecule has 0 bridgehead atoms. The highest BCUT2D eigenvalue weighted by Crippen LogP contribution is 2.15. The van der Waals surface area contributed by atoms with Crippen LogP contribution in [0.4, 0.5) is 4.39 Å². The van der Waals surface area contributed by atoms with Crippen LogP contribution in [-0.4, -0.2) is 20.9 Å². The van der Waals surface area contributed by atoms with Crippen molar-refractivity contribution in [2.24, 2.45) is 0 Å². The van der Waals surface area contributed by atoms with Gasteiger partial charge in [-0.15, -0.1) is 0 Å². The Bertz CT molecular complexity index is 647. The van der Waals surface area contributed by atoms with Crippen molar-refractivity contribution < 1.29 is 14.3 Å². The maximum absolute atomic E-state index is 13.3. The van der Waals surface area contributed by atoms with Gasteiger partial charge < -0.3 is 5.11 Å². The summed E-state index contributed by atoms with van der Waals surface area (Å²) in [6, 6.07) is 4.11. The Labute approximate surface area is 110 Å². The van der Waals surface area contributed by atoms with E-state index in [2.05, 4.69) is 5.10 Å². The molecule has 0 saturated carbocycles. The van der Waals surface area contributed by atoms with Gasteiger partial charge in [0.1, 0.15) is 5.82 Å². The number of carboxylic acid groups (broad SMARTS) is 1. The largest absolute Gasteiger partial charge is 0.478 e. The first-order valence-electron chi connectivity index (χ1n) is 5.92. The zero-order chi connectivity index (χ0) is 14.2. The zero-order valence-electron chi connectivity index (χ0n) is 11.1. The number of hydrogen-bond donors (Lipinski definition) is 1. The smallest absolute Gasteiger partial charge is 0.338 e. The van der Waals surface area contributed by atoms with Crippen LogP contribution in [-0.2, 0) is 6.54 Å². The van der Waals surface area contributed by atoms with E-state index in [0.29, 0.717) is 12.1 Å². The second-order valence-corrected chi connectivity index (χ2v) is 4.57. The molecule has 0 atom stereocenters. The van der Waals surface area contributed by atoms with Gasteiger partial charge in [-0.25, -0.2) is 9.18 Å². The Morgan fingerprint density at radius 1 is 1.37 bits per heavy atom. The molecule has 19 heavy (non-hydrogen) atoms. The van der Waals surface area contributed by atoms with Gasteiger partial charge in [-0.1, -0.05) is 6.07 Å². The standard InChI is InChI=1S/C14H15FN2O2/c1-8-9(2)16-17(10(8)3)7-11-4-5-13(15)12(6-11)14(18)19/h4-6H,7H2,1-3H3,(H,18,19). The third-order valence-electron chi connectivity index (χ3n) is 3.34. The lowest BCUT2D eigenvalue weighted by atomic mass is 10.1. The molecule has 1 N–H and O–H groups in total. The van der Waals surface area contributed by atoms with Crippen molar-refractivity contribution in [1.82, 2.24) is 9.78 Å². The van der Waals surface area contributed by atoms with E-state index in [4.69, 9.17) is 5.11 Å². The molecule has 0 amide bonds. The molecule has 100 valence electrons. The average Bonchev–Trinajstić information content (AvgIpc) is 2.59. The van der Waals surface area contributed by atoms with Crippen LogP contribution in [0.3, 0.4) is 0 Å². The summed E-state index contributed by atoms with van der Waals surface area (Å²) in [7, 11) is 0. The van der Waals surface area contributed by atoms with Gasteiger partial charge in [0.05, 0.1) is 17.8 Å². The number of aromatic nitrogens is 2. The normalized spacial score (nSPS) is 10.7. The molecule has 2 aromatic rings. The van der Waals surface area contributed by atoms with Crippen molar-refractivity contribution >= 4 is 5.97 Å². The highest BCUT2D eigenvalue weighted by molar-refractivity contribution is 5.88. The van der Waals surface area contributed by atoms with Crippen molar-refractivity contribution in [3.63, 3.8) is 0 Å². The predicted molar refractivity (Wildman–Crippen MR) is 68.9 cm³/mol. The second-order valence-electron chi connectivity index (χ2n) is 4.57. The molecule has 5 heteroatoms. The lowest BCUT2D eigenvalue weighted by Crippen LogP contribution is -2.07. The third kappa shape index (κ3) is 2.50. The summed E-state index contributed by atoms with van der Waals surface area (Å²) >= 11 is 0. The fourth-order valence-electron chi connectivity index (χ4n) is 1.95. The van der Waals surface area contributed by atoms with Crippen LogP contribution in [0, 0.1) is 26.6 Å². The first-order chi connectivity index (χ1) is 8.90. The number of carbonyl (C=O) groups is 1. The van der Waals surface area contributed by atoms with Crippen LogP contribution in [0.2, 0.25) is 0 Å². The number of aromatic carboxylic acids is 1. The molecule has 0 radical (unpaired) electrons. The van der Waals surface area contributed by atoms with Crippen molar-refractivity contribution in [2.75, 3.05) is 0 Å². The van der Waals surface area contributed by atoms with Crippen LogP contribution < -0.4 is 0 Å². The van der Waals surface area contributed by atoms with E-state index in [1.54, 1.807) is 10.7 Å². The first kappa shape index (κ1) is 13.3. The van der Waals surface area contributed by atoms with Crippen molar-refractivity contribution in [2.45, 2.75) is 27.3 Å². The van der Waals surface area contributed by atoms with Crippen LogP contribution in [0.15, 0.2) is 18.2 Å². The summed E-state index contributed by atoms with van der Waals surface area (Å²) in [4.78, 5) is 10.9. The summed E-state index contributed by atoms with van der Waals surface area (Å²) in [5.74, 6) is -1.98. The highest BCUT2D eigenvalue weighted by Gasteiger charge is 2.12. The molecule has 0 fully saturated rings. The lowest BCUT2D eigenvalue weighted by molar-refractivity contribution is 0.0691. The molecule has 1 aromatic carbocycles. The lowest BCUT2D eigenvalue weighted by Gasteiger charge is -2.06. The Kier molecular flexibility index (Phi) is 3.38. The van der Waals surface area contributed by atoms with E-state index >= 15 is 0 Å². The molecule has 4 nitrogen and oxygen atoms in total. The highest BCUT2D eigenvalue weighted by atomic mass is 19.1. The van der Waals surface area contributed by atoms with Gasteiger partial charge in [0.25, 0.3) is 0 Å². The van der Waals surface area contributed by atoms with E-state index in [1.165, 1.54) is 12.1 Å². The quantitative estimate of drug-likeness (QED) is 0.925. The first-order valence-corrected chi connectivity index (χ1v) is 5.92. The fraction of sp³-hybridized carbons (Fsp3) is 0.286. The summed E-state index contributed by atoms with van der Waals surface area (Å²) in [6.07, 6.45) is 0. The fourth-order valence-corrected chi connectivity index (χ4v) is 1.95. The van der Waals surface area contributed by atoms with Gasteiger partial charge in [0.2, 0.25) is 0 Å². The van der Waals surface area contributed by atoms with Gasteiger partial charge in [-0.05, 0) is 44.0 Å². The van der Waals surface area contributed by atoms with Crippen molar-refractivity contribution in [1.29, 1.82) is 0 Å². The average molecular weight is 262 g/mol. The number of benzene rings is 1. The molecule has 1 aromatic heterocycles. The van der Waals surface area contributed by atoms with E-state index < -0.39 is 11.8 Å². The maximum Gasteiger partial charge on any atom is 0.338 e. The maximum atomic E-state index is 13.3. The number of aryl methyl sites for hydroxylation is 1. The predicted octanol–water partition coefficient (Wildman–Crippen LogP) is 2.69. The minimum atomic E-state index is -1.26. The van der Waals surface area contributed by atoms with Crippen LogP contribution >= 0.6 is 0 Å². The number of nitrogens with zero attached hydrogens (tertiary/aromatic N) is 2. The van der Waals surface area contributed by atoms with Gasteiger partial charge in [-0.3, -0.25) is 4.68 Å². The SMILES string of the molecule is Cc1nn(Cc2ccc(F)c(C(=O)O)c2)c(C)c1C. The Morgan fingerprint density at radius 2 is 2.05 bits per heavy atom. The summed E-state index contributed by atoms with van der Waals surface area (Å²) < 4.78 is 15.1. The van der Waals surface area contributed by atoms with Crippen LogP contribution in [0.5, 0.6) is 0 Å². The van der Waals surface area contributed by atoms with E-state index in [-0.39, 0.29) is 5.56 Å². The third-order valence-corrected chi connectivity index (χ3v) is 3.34. The Morgan fingerprint density at radius 3 is 2.58 bits per heavy atom. The molecule has 0 aliphatic heterocycles. The minimum Gasteiger partial charge on any atom is -0.478 e. The van der Waals surface area contributed by atoms with E-state index in [0.717, 1.165) is 17.0 Å². The molecule has 2 rings (SSSR count). The van der Waals surface area contributed by atoms with Gasteiger partial charge in [0, 0.05) is 5.69 Å². The Hall–Kier alpha value is -2.17. The van der Waals surface area contributed by atoms with Crippen molar-refractivity contribution in [3.8, 4) is 0 Å². The monoisotopic (exact) mass is 262 g/mol. The summed E-state index contributed by atoms with van der Waals surface area (Å²) in [5, 5.41) is 13.3. The molecule has 0 unspecified atom stereocenters. The molecule has 0 aliphatic rings. The number of rotatable bonds is 3. The van der Waals surface area contributed by atoms with Crippen molar-refractivity contribution in [3.05, 3.63) is 52.1 Å². The van der Waals surface area contributed by atoms with Gasteiger partial charge >= 0.3 is 5.97 Å². The minimum absolute atomic E-state index is 0.309. The molecule has 0 spiro atoms. The topological polar surface area (TPSA) is 55.1 Å². The van der Waals surface area contributed by atoms with Gasteiger partial charge in [-0.2, -0.15) is 5.10 Å². The molecule has 0 aliphatic carbocycles. The van der Waals surface area contributed by atoms with Crippen LogP contribution in [0.25, 0.3) is 0 Å².